The van der Waals surface area contributed by atoms with Gasteiger partial charge in [-0.05, 0) is 42.8 Å². The maximum atomic E-state index is 11.7. The van der Waals surface area contributed by atoms with E-state index in [9.17, 15) is 4.79 Å². The molecule has 0 amide bonds. The molecule has 0 aliphatic heterocycles. The molecule has 0 atom stereocenters. The minimum Gasteiger partial charge on any atom is -0.496 e. The zero-order valence-electron chi connectivity index (χ0n) is 16.7. The monoisotopic (exact) mass is 396 g/mol. The van der Waals surface area contributed by atoms with Crippen LogP contribution in [0.3, 0.4) is 0 Å². The number of ketones is 1. The lowest BCUT2D eigenvalue weighted by Crippen LogP contribution is -2.07. The summed E-state index contributed by atoms with van der Waals surface area (Å²) in [5.41, 5.74) is 3.92. The molecule has 0 unspecified atom stereocenters. The second-order valence-electron chi connectivity index (χ2n) is 6.31. The molecular weight excluding hydrogens is 376 g/mol. The van der Waals surface area contributed by atoms with Crippen LogP contribution in [0.5, 0.6) is 5.75 Å². The number of hydrogen-bond acceptors (Lipinski definition) is 5. The lowest BCUT2D eigenvalue weighted by molar-refractivity contribution is 0.101. The lowest BCUT2D eigenvalue weighted by Gasteiger charge is -2.15. The van der Waals surface area contributed by atoms with Crippen LogP contribution >= 0.6 is 0 Å². The van der Waals surface area contributed by atoms with Gasteiger partial charge in [-0.1, -0.05) is 42.5 Å². The quantitative estimate of drug-likeness (QED) is 0.176. The number of ether oxygens (including phenoxy) is 1. The van der Waals surface area contributed by atoms with Crippen molar-refractivity contribution in [2.24, 2.45) is 10.3 Å². The van der Waals surface area contributed by atoms with Crippen LogP contribution < -0.4 is 9.75 Å². The first-order valence-corrected chi connectivity index (χ1v) is 9.11. The Morgan fingerprint density at radius 1 is 1.17 bits per heavy atom. The van der Waals surface area contributed by atoms with Gasteiger partial charge in [0.2, 0.25) is 0 Å². The normalized spacial score (nSPS) is 10.4. The summed E-state index contributed by atoms with van der Waals surface area (Å²) in [6.45, 7) is 5.40. The van der Waals surface area contributed by atoms with Gasteiger partial charge in [0, 0.05) is 29.4 Å². The van der Waals surface area contributed by atoms with Gasteiger partial charge >= 0.3 is 0 Å². The molecule has 0 fully saturated rings. The van der Waals surface area contributed by atoms with Crippen LogP contribution in [0.1, 0.15) is 23.0 Å². The standard InChI is InChI=1S/C24H20N4O2/c1-5-28(27-26-17(2)23-11-6-7-14-25-23)21-12-13-22(24(16-21)30-4)20-10-8-9-19(15-20)18(3)29/h1,6-16H,2H2,3-4H3. The van der Waals surface area contributed by atoms with Crippen molar-refractivity contribution in [3.8, 4) is 29.3 Å². The number of pyridine rings is 1. The Labute approximate surface area is 175 Å². The number of carbonyl (C=O) groups is 1. The molecule has 30 heavy (non-hydrogen) atoms. The number of carbonyl (C=O) groups excluding carboxylic acids is 1. The van der Waals surface area contributed by atoms with E-state index in [0.29, 0.717) is 28.4 Å². The van der Waals surface area contributed by atoms with E-state index in [0.717, 1.165) is 11.1 Å². The lowest BCUT2D eigenvalue weighted by atomic mass is 10.0. The molecule has 3 aromatic rings. The zero-order valence-corrected chi connectivity index (χ0v) is 16.7. The Kier molecular flexibility index (Phi) is 6.36. The number of methoxy groups -OCH3 is 1. The van der Waals surface area contributed by atoms with Gasteiger partial charge in [-0.2, -0.15) is 5.01 Å². The maximum Gasteiger partial charge on any atom is 0.159 e. The van der Waals surface area contributed by atoms with Crippen molar-refractivity contribution in [2.45, 2.75) is 6.92 Å². The number of hydrogen-bond donors (Lipinski definition) is 0. The van der Waals surface area contributed by atoms with E-state index in [-0.39, 0.29) is 5.78 Å². The summed E-state index contributed by atoms with van der Waals surface area (Å²) in [5, 5.41) is 9.45. The third-order valence-electron chi connectivity index (χ3n) is 4.35. The van der Waals surface area contributed by atoms with E-state index in [4.69, 9.17) is 11.2 Å². The fraction of sp³-hybridized carbons (Fsp3) is 0.0833. The molecule has 1 aromatic heterocycles. The SMILES string of the molecule is C#CN(N=NC(=C)c1ccccn1)c1ccc(-c2cccc(C(C)=O)c2)c(OC)c1. The third-order valence-corrected chi connectivity index (χ3v) is 4.35. The van der Waals surface area contributed by atoms with Crippen LogP contribution in [0.15, 0.2) is 83.8 Å². The van der Waals surface area contributed by atoms with Crippen molar-refractivity contribution in [3.63, 3.8) is 0 Å². The number of terminal acetylenes is 1. The van der Waals surface area contributed by atoms with Gasteiger partial charge in [0.25, 0.3) is 0 Å². The molecule has 0 radical (unpaired) electrons. The van der Waals surface area contributed by atoms with Crippen molar-refractivity contribution < 1.29 is 9.53 Å². The van der Waals surface area contributed by atoms with E-state index in [1.54, 1.807) is 37.6 Å². The predicted octanol–water partition coefficient (Wildman–Crippen LogP) is 5.40. The van der Waals surface area contributed by atoms with Crippen molar-refractivity contribution >= 4 is 17.2 Å². The number of rotatable bonds is 7. The zero-order chi connectivity index (χ0) is 21.5. The largest absolute Gasteiger partial charge is 0.496 e. The van der Waals surface area contributed by atoms with Crippen molar-refractivity contribution in [2.75, 3.05) is 12.1 Å². The summed E-state index contributed by atoms with van der Waals surface area (Å²) < 4.78 is 5.55. The van der Waals surface area contributed by atoms with Crippen LogP contribution in [0.2, 0.25) is 0 Å². The molecule has 148 valence electrons. The summed E-state index contributed by atoms with van der Waals surface area (Å²) in [7, 11) is 1.57. The Morgan fingerprint density at radius 3 is 2.67 bits per heavy atom. The van der Waals surface area contributed by atoms with Crippen molar-refractivity contribution in [1.82, 2.24) is 4.98 Å². The molecule has 0 aliphatic rings. The van der Waals surface area contributed by atoms with Gasteiger partial charge in [-0.3, -0.25) is 9.78 Å². The van der Waals surface area contributed by atoms with Gasteiger partial charge in [0.15, 0.2) is 5.78 Å². The van der Waals surface area contributed by atoms with Gasteiger partial charge in [0.1, 0.15) is 11.4 Å². The molecule has 6 nitrogen and oxygen atoms in total. The van der Waals surface area contributed by atoms with Crippen LogP contribution in [-0.4, -0.2) is 17.9 Å². The Morgan fingerprint density at radius 2 is 2.00 bits per heavy atom. The van der Waals surface area contributed by atoms with E-state index < -0.39 is 0 Å². The average Bonchev–Trinajstić information content (AvgIpc) is 2.79. The Bertz CT molecular complexity index is 1150. The molecule has 2 aromatic carbocycles. The molecule has 0 spiro atoms. The first-order chi connectivity index (χ1) is 14.5. The number of nitrogens with zero attached hydrogens (tertiary/aromatic N) is 4. The van der Waals surface area contributed by atoms with E-state index in [1.165, 1.54) is 11.9 Å². The van der Waals surface area contributed by atoms with E-state index >= 15 is 0 Å². The summed E-state index contributed by atoms with van der Waals surface area (Å²) in [6.07, 6.45) is 7.27. The summed E-state index contributed by atoms with van der Waals surface area (Å²) in [5.74, 6) is 0.590. The number of benzene rings is 2. The highest BCUT2D eigenvalue weighted by atomic mass is 16.5. The predicted molar refractivity (Wildman–Crippen MR) is 118 cm³/mol. The Hall–Kier alpha value is -4.24. The van der Waals surface area contributed by atoms with Gasteiger partial charge in [-0.15, -0.1) is 5.11 Å². The van der Waals surface area contributed by atoms with E-state index in [2.05, 4.69) is 27.9 Å². The summed E-state index contributed by atoms with van der Waals surface area (Å²) >= 11 is 0. The minimum absolute atomic E-state index is 0.000472. The fourth-order valence-corrected chi connectivity index (χ4v) is 2.79. The van der Waals surface area contributed by atoms with Crippen molar-refractivity contribution in [1.29, 1.82) is 0 Å². The highest BCUT2D eigenvalue weighted by Crippen LogP contribution is 2.34. The average molecular weight is 396 g/mol. The molecule has 0 saturated heterocycles. The van der Waals surface area contributed by atoms with Crippen LogP contribution in [-0.2, 0) is 0 Å². The highest BCUT2D eigenvalue weighted by Gasteiger charge is 2.12. The summed E-state index contributed by atoms with van der Waals surface area (Å²) in [6, 6.07) is 20.7. The van der Waals surface area contributed by atoms with Crippen LogP contribution in [0, 0.1) is 12.5 Å². The highest BCUT2D eigenvalue weighted by molar-refractivity contribution is 5.95. The second-order valence-corrected chi connectivity index (χ2v) is 6.31. The van der Waals surface area contributed by atoms with Gasteiger partial charge < -0.3 is 4.74 Å². The topological polar surface area (TPSA) is 67.2 Å². The van der Waals surface area contributed by atoms with Crippen LogP contribution in [0.25, 0.3) is 16.8 Å². The van der Waals surface area contributed by atoms with Crippen molar-refractivity contribution in [3.05, 3.63) is 84.7 Å². The molecule has 0 saturated carbocycles. The van der Waals surface area contributed by atoms with Gasteiger partial charge in [0.05, 0.1) is 18.5 Å². The van der Waals surface area contributed by atoms with Crippen LogP contribution in [0.4, 0.5) is 5.69 Å². The minimum atomic E-state index is -0.000472. The molecule has 0 bridgehead atoms. The molecule has 6 heteroatoms. The molecular formula is C24H20N4O2. The fourth-order valence-electron chi connectivity index (χ4n) is 2.79. The molecule has 0 aliphatic carbocycles. The molecule has 0 N–H and O–H groups in total. The second kappa shape index (κ2) is 9.30. The van der Waals surface area contributed by atoms with Gasteiger partial charge in [-0.25, -0.2) is 0 Å². The molecule has 3 rings (SSSR count). The first kappa shape index (κ1) is 20.5. The van der Waals surface area contributed by atoms with E-state index in [1.807, 2.05) is 36.4 Å². The number of anilines is 1. The smallest absolute Gasteiger partial charge is 0.159 e. The number of aromatic nitrogens is 1. The summed E-state index contributed by atoms with van der Waals surface area (Å²) in [4.78, 5) is 15.9. The number of Topliss-reactive ketones (excluding diaryl/α,β-unsaturated/α-hetero) is 1. The maximum absolute atomic E-state index is 11.7. The Balaban J connectivity index is 1.90. The first-order valence-electron chi connectivity index (χ1n) is 9.11. The molecule has 1 heterocycles. The third kappa shape index (κ3) is 4.59.